The molecule has 0 radical (unpaired) electrons. The van der Waals surface area contributed by atoms with Crippen molar-refractivity contribution >= 4 is 17.3 Å². The van der Waals surface area contributed by atoms with Gasteiger partial charge in [-0.1, -0.05) is 47.5 Å². The van der Waals surface area contributed by atoms with E-state index in [1.807, 2.05) is 24.3 Å². The van der Waals surface area contributed by atoms with E-state index in [0.717, 1.165) is 5.69 Å². The summed E-state index contributed by atoms with van der Waals surface area (Å²) in [6, 6.07) is 14.2. The second-order valence-corrected chi connectivity index (χ2v) is 5.18. The molecule has 3 heteroatoms. The van der Waals surface area contributed by atoms with Crippen LogP contribution in [0.3, 0.4) is 0 Å². The largest absolute Gasteiger partial charge is 0.376 e. The van der Waals surface area contributed by atoms with Crippen molar-refractivity contribution in [2.75, 3.05) is 11.9 Å². The van der Waals surface area contributed by atoms with Gasteiger partial charge in [-0.2, -0.15) is 0 Å². The normalized spacial score (nSPS) is 12.2. The summed E-state index contributed by atoms with van der Waals surface area (Å²) >= 11 is 6.18. The van der Waals surface area contributed by atoms with Gasteiger partial charge in [0.15, 0.2) is 0 Å². The van der Waals surface area contributed by atoms with Crippen LogP contribution in [0, 0.1) is 13.8 Å². The van der Waals surface area contributed by atoms with Gasteiger partial charge in [-0.3, -0.25) is 0 Å². The minimum atomic E-state index is 0.0693. The number of hydrogen-bond acceptors (Lipinski definition) is 2. The van der Waals surface area contributed by atoms with E-state index in [2.05, 4.69) is 37.4 Å². The van der Waals surface area contributed by atoms with Gasteiger partial charge in [0.1, 0.15) is 0 Å². The standard InChI is InChI=1S/C16H19ClN2/c1-11-7-8-12(2)13(9-11)16(10-18)19-15-6-4-3-5-14(15)17/h3-9,16,19H,10,18H2,1-2H3. The summed E-state index contributed by atoms with van der Waals surface area (Å²) in [6.07, 6.45) is 0. The Morgan fingerprint density at radius 1 is 1.16 bits per heavy atom. The predicted octanol–water partition coefficient (Wildman–Crippen LogP) is 4.07. The van der Waals surface area contributed by atoms with E-state index in [0.29, 0.717) is 11.6 Å². The van der Waals surface area contributed by atoms with Crippen LogP contribution in [0.5, 0.6) is 0 Å². The summed E-state index contributed by atoms with van der Waals surface area (Å²) in [5.74, 6) is 0. The highest BCUT2D eigenvalue weighted by Gasteiger charge is 2.13. The monoisotopic (exact) mass is 274 g/mol. The topological polar surface area (TPSA) is 38.0 Å². The molecule has 0 fully saturated rings. The maximum absolute atomic E-state index is 6.18. The van der Waals surface area contributed by atoms with Crippen LogP contribution < -0.4 is 11.1 Å². The average Bonchev–Trinajstić information content (AvgIpc) is 2.41. The van der Waals surface area contributed by atoms with Crippen LogP contribution in [0.2, 0.25) is 5.02 Å². The van der Waals surface area contributed by atoms with Crippen molar-refractivity contribution in [3.05, 3.63) is 64.2 Å². The molecule has 0 aromatic heterocycles. The fourth-order valence-electron chi connectivity index (χ4n) is 2.16. The molecule has 0 saturated carbocycles. The summed E-state index contributed by atoms with van der Waals surface area (Å²) in [6.45, 7) is 4.72. The SMILES string of the molecule is Cc1ccc(C)c(C(CN)Nc2ccccc2Cl)c1. The number of halogens is 1. The highest BCUT2D eigenvalue weighted by molar-refractivity contribution is 6.33. The zero-order valence-corrected chi connectivity index (χ0v) is 12.0. The van der Waals surface area contributed by atoms with Gasteiger partial charge < -0.3 is 11.1 Å². The van der Waals surface area contributed by atoms with Gasteiger partial charge in [0.2, 0.25) is 0 Å². The van der Waals surface area contributed by atoms with Crippen LogP contribution >= 0.6 is 11.6 Å². The molecule has 100 valence electrons. The quantitative estimate of drug-likeness (QED) is 0.882. The van der Waals surface area contributed by atoms with Gasteiger partial charge in [0.25, 0.3) is 0 Å². The molecule has 0 heterocycles. The van der Waals surface area contributed by atoms with Crippen LogP contribution in [0.1, 0.15) is 22.7 Å². The molecule has 1 unspecified atom stereocenters. The first-order valence-electron chi connectivity index (χ1n) is 6.40. The third kappa shape index (κ3) is 3.28. The molecular weight excluding hydrogens is 256 g/mol. The van der Waals surface area contributed by atoms with E-state index >= 15 is 0 Å². The van der Waals surface area contributed by atoms with Gasteiger partial charge in [0.05, 0.1) is 16.8 Å². The first-order chi connectivity index (χ1) is 9.11. The Hall–Kier alpha value is -1.51. The maximum Gasteiger partial charge on any atom is 0.0639 e. The number of para-hydroxylation sites is 1. The lowest BCUT2D eigenvalue weighted by Gasteiger charge is -2.21. The number of benzene rings is 2. The van der Waals surface area contributed by atoms with Gasteiger partial charge in [-0.05, 0) is 37.1 Å². The lowest BCUT2D eigenvalue weighted by atomic mass is 9.98. The van der Waals surface area contributed by atoms with Crippen LogP contribution in [0.15, 0.2) is 42.5 Å². The molecular formula is C16H19ClN2. The molecule has 0 aliphatic heterocycles. The second kappa shape index (κ2) is 6.09. The molecule has 2 rings (SSSR count). The Labute approximate surface area is 119 Å². The van der Waals surface area contributed by atoms with Crippen LogP contribution in [0.25, 0.3) is 0 Å². The number of rotatable bonds is 4. The van der Waals surface area contributed by atoms with Gasteiger partial charge >= 0.3 is 0 Å². The molecule has 3 N–H and O–H groups in total. The van der Waals surface area contributed by atoms with Crippen LogP contribution in [0.4, 0.5) is 5.69 Å². The third-order valence-electron chi connectivity index (χ3n) is 3.25. The highest BCUT2D eigenvalue weighted by Crippen LogP contribution is 2.27. The Kier molecular flexibility index (Phi) is 4.46. The number of hydrogen-bond donors (Lipinski definition) is 2. The van der Waals surface area contributed by atoms with E-state index in [1.54, 1.807) is 0 Å². The molecule has 0 spiro atoms. The van der Waals surface area contributed by atoms with Gasteiger partial charge in [-0.15, -0.1) is 0 Å². The summed E-state index contributed by atoms with van der Waals surface area (Å²) in [4.78, 5) is 0. The van der Waals surface area contributed by atoms with Crippen molar-refractivity contribution in [2.24, 2.45) is 5.73 Å². The van der Waals surface area contributed by atoms with E-state index < -0.39 is 0 Å². The molecule has 0 aliphatic rings. The van der Waals surface area contributed by atoms with Crippen molar-refractivity contribution in [1.82, 2.24) is 0 Å². The highest BCUT2D eigenvalue weighted by atomic mass is 35.5. The molecule has 19 heavy (non-hydrogen) atoms. The molecule has 2 aromatic rings. The predicted molar refractivity (Wildman–Crippen MR) is 82.8 cm³/mol. The molecule has 2 aromatic carbocycles. The van der Waals surface area contributed by atoms with E-state index in [-0.39, 0.29) is 6.04 Å². The minimum absolute atomic E-state index is 0.0693. The van der Waals surface area contributed by atoms with Gasteiger partial charge in [0, 0.05) is 6.54 Å². The Morgan fingerprint density at radius 2 is 1.89 bits per heavy atom. The molecule has 0 amide bonds. The van der Waals surface area contributed by atoms with Crippen LogP contribution in [-0.2, 0) is 0 Å². The second-order valence-electron chi connectivity index (χ2n) is 4.77. The van der Waals surface area contributed by atoms with E-state index in [4.69, 9.17) is 17.3 Å². The Balaban J connectivity index is 2.30. The smallest absolute Gasteiger partial charge is 0.0639 e. The minimum Gasteiger partial charge on any atom is -0.376 e. The van der Waals surface area contributed by atoms with Crippen molar-refractivity contribution in [1.29, 1.82) is 0 Å². The summed E-state index contributed by atoms with van der Waals surface area (Å²) < 4.78 is 0. The fourth-order valence-corrected chi connectivity index (χ4v) is 2.36. The lowest BCUT2D eigenvalue weighted by molar-refractivity contribution is 0.782. The lowest BCUT2D eigenvalue weighted by Crippen LogP contribution is -2.21. The van der Waals surface area contributed by atoms with E-state index in [9.17, 15) is 0 Å². The average molecular weight is 275 g/mol. The van der Waals surface area contributed by atoms with Crippen molar-refractivity contribution in [3.8, 4) is 0 Å². The van der Waals surface area contributed by atoms with Gasteiger partial charge in [-0.25, -0.2) is 0 Å². The molecule has 2 nitrogen and oxygen atoms in total. The number of nitrogens with one attached hydrogen (secondary N) is 1. The summed E-state index contributed by atoms with van der Waals surface area (Å²) in [5.41, 5.74) is 10.5. The number of nitrogens with two attached hydrogens (primary N) is 1. The van der Waals surface area contributed by atoms with Crippen molar-refractivity contribution < 1.29 is 0 Å². The van der Waals surface area contributed by atoms with E-state index in [1.165, 1.54) is 16.7 Å². The molecule has 0 saturated heterocycles. The van der Waals surface area contributed by atoms with Crippen molar-refractivity contribution in [2.45, 2.75) is 19.9 Å². The number of anilines is 1. The molecule has 0 aliphatic carbocycles. The Morgan fingerprint density at radius 3 is 2.58 bits per heavy atom. The third-order valence-corrected chi connectivity index (χ3v) is 3.58. The molecule has 0 bridgehead atoms. The maximum atomic E-state index is 6.18. The van der Waals surface area contributed by atoms with Crippen LogP contribution in [-0.4, -0.2) is 6.54 Å². The number of aryl methyl sites for hydroxylation is 2. The first kappa shape index (κ1) is 13.9. The summed E-state index contributed by atoms with van der Waals surface area (Å²) in [7, 11) is 0. The van der Waals surface area contributed by atoms with Crippen molar-refractivity contribution in [3.63, 3.8) is 0 Å². The Bertz CT molecular complexity index is 566. The summed E-state index contributed by atoms with van der Waals surface area (Å²) in [5, 5.41) is 4.14. The fraction of sp³-hybridized carbons (Fsp3) is 0.250. The molecule has 1 atom stereocenters. The zero-order valence-electron chi connectivity index (χ0n) is 11.3. The first-order valence-corrected chi connectivity index (χ1v) is 6.78. The zero-order chi connectivity index (χ0) is 13.8.